The number of aryl methyl sites for hydroxylation is 1. The van der Waals surface area contributed by atoms with Gasteiger partial charge >= 0.3 is 0 Å². The molecule has 0 bridgehead atoms. The molecule has 2 rings (SSSR count). The lowest BCUT2D eigenvalue weighted by Gasteiger charge is -2.08. The first kappa shape index (κ1) is 10.5. The molecule has 0 fully saturated rings. The average molecular weight is 208 g/mol. The minimum atomic E-state index is -0.300. The van der Waals surface area contributed by atoms with E-state index in [9.17, 15) is 5.11 Å². The van der Waals surface area contributed by atoms with Crippen LogP contribution < -0.4 is 4.74 Å². The molecule has 0 unspecified atom stereocenters. The zero-order valence-corrected chi connectivity index (χ0v) is 8.65. The number of rotatable bonds is 4. The highest BCUT2D eigenvalue weighted by atomic mass is 16.5. The molecule has 3 heteroatoms. The quantitative estimate of drug-likeness (QED) is 0.736. The number of aliphatic hydroxyl groups is 2. The number of hydrogen-bond donors (Lipinski definition) is 2. The van der Waals surface area contributed by atoms with E-state index < -0.39 is 0 Å². The van der Waals surface area contributed by atoms with Gasteiger partial charge in [0, 0.05) is 13.0 Å². The lowest BCUT2D eigenvalue weighted by atomic mass is 10.1. The Kier molecular flexibility index (Phi) is 3.23. The van der Waals surface area contributed by atoms with Gasteiger partial charge in [0.05, 0.1) is 12.7 Å². The van der Waals surface area contributed by atoms with Crippen LogP contribution in [0.4, 0.5) is 0 Å². The predicted octanol–water partition coefficient (Wildman–Crippen LogP) is 1.43. The second-order valence-corrected chi connectivity index (χ2v) is 3.84. The first-order valence-electron chi connectivity index (χ1n) is 5.36. The standard InChI is InChI=1S/C12H16O3/c13-6-1-7-15-10-3-4-11-9(8-10)2-5-12(11)14/h3-4,8,12-14H,1-2,5-7H2/t12-/m0/s1. The van der Waals surface area contributed by atoms with Crippen LogP contribution in [0.25, 0.3) is 0 Å². The summed E-state index contributed by atoms with van der Waals surface area (Å²) >= 11 is 0. The molecule has 1 aliphatic carbocycles. The number of ether oxygens (including phenoxy) is 1. The molecule has 3 nitrogen and oxygen atoms in total. The van der Waals surface area contributed by atoms with Crippen LogP contribution in [0, 0.1) is 0 Å². The van der Waals surface area contributed by atoms with Gasteiger partial charge < -0.3 is 14.9 Å². The molecule has 15 heavy (non-hydrogen) atoms. The molecule has 1 aromatic rings. The summed E-state index contributed by atoms with van der Waals surface area (Å²) in [5, 5.41) is 18.2. The number of benzene rings is 1. The van der Waals surface area contributed by atoms with E-state index in [0.717, 1.165) is 24.2 Å². The summed E-state index contributed by atoms with van der Waals surface area (Å²) in [6, 6.07) is 5.80. The number of fused-ring (bicyclic) bond motifs is 1. The Hall–Kier alpha value is -1.06. The van der Waals surface area contributed by atoms with Crippen LogP contribution in [0.5, 0.6) is 5.75 Å². The molecule has 0 heterocycles. The molecule has 1 aromatic carbocycles. The van der Waals surface area contributed by atoms with Gasteiger partial charge in [-0.2, -0.15) is 0 Å². The van der Waals surface area contributed by atoms with Gasteiger partial charge in [0.15, 0.2) is 0 Å². The fourth-order valence-electron chi connectivity index (χ4n) is 1.92. The highest BCUT2D eigenvalue weighted by Crippen LogP contribution is 2.33. The molecule has 0 amide bonds. The van der Waals surface area contributed by atoms with E-state index >= 15 is 0 Å². The molecule has 82 valence electrons. The Bertz CT molecular complexity index is 336. The SMILES string of the molecule is OCCCOc1ccc2c(c1)CC[C@@H]2O. The molecule has 0 aliphatic heterocycles. The van der Waals surface area contributed by atoms with Crippen molar-refractivity contribution in [2.24, 2.45) is 0 Å². The highest BCUT2D eigenvalue weighted by Gasteiger charge is 2.20. The first-order valence-corrected chi connectivity index (χ1v) is 5.36. The Labute approximate surface area is 89.3 Å². The van der Waals surface area contributed by atoms with Crippen molar-refractivity contribution in [1.82, 2.24) is 0 Å². The summed E-state index contributed by atoms with van der Waals surface area (Å²) in [6.07, 6.45) is 2.09. The molecular weight excluding hydrogens is 192 g/mol. The van der Waals surface area contributed by atoms with E-state index in [-0.39, 0.29) is 12.7 Å². The predicted molar refractivity (Wildman–Crippen MR) is 56.9 cm³/mol. The van der Waals surface area contributed by atoms with Crippen molar-refractivity contribution in [2.75, 3.05) is 13.2 Å². The van der Waals surface area contributed by atoms with E-state index in [1.165, 1.54) is 5.56 Å². The molecule has 0 radical (unpaired) electrons. The Balaban J connectivity index is 2.03. The summed E-state index contributed by atoms with van der Waals surface area (Å²) in [4.78, 5) is 0. The highest BCUT2D eigenvalue weighted by molar-refractivity contribution is 5.39. The van der Waals surface area contributed by atoms with Crippen LogP contribution in [0.2, 0.25) is 0 Å². The van der Waals surface area contributed by atoms with Gasteiger partial charge in [-0.25, -0.2) is 0 Å². The number of hydrogen-bond acceptors (Lipinski definition) is 3. The van der Waals surface area contributed by atoms with Crippen LogP contribution in [0.15, 0.2) is 18.2 Å². The maximum absolute atomic E-state index is 9.61. The minimum absolute atomic E-state index is 0.156. The lowest BCUT2D eigenvalue weighted by molar-refractivity contribution is 0.180. The van der Waals surface area contributed by atoms with Gasteiger partial charge in [-0.05, 0) is 36.1 Å². The van der Waals surface area contributed by atoms with Crippen LogP contribution in [0.3, 0.4) is 0 Å². The summed E-state index contributed by atoms with van der Waals surface area (Å²) in [5.74, 6) is 0.830. The smallest absolute Gasteiger partial charge is 0.119 e. The van der Waals surface area contributed by atoms with Crippen molar-refractivity contribution in [3.63, 3.8) is 0 Å². The lowest BCUT2D eigenvalue weighted by Crippen LogP contribution is -2.00. The van der Waals surface area contributed by atoms with E-state index in [2.05, 4.69) is 0 Å². The summed E-state index contributed by atoms with van der Waals surface area (Å²) in [5.41, 5.74) is 2.22. The maximum Gasteiger partial charge on any atom is 0.119 e. The van der Waals surface area contributed by atoms with Gasteiger partial charge in [-0.1, -0.05) is 6.07 Å². The zero-order valence-electron chi connectivity index (χ0n) is 8.65. The fraction of sp³-hybridized carbons (Fsp3) is 0.500. The van der Waals surface area contributed by atoms with Crippen LogP contribution >= 0.6 is 0 Å². The molecule has 0 spiro atoms. The average Bonchev–Trinajstić information content (AvgIpc) is 2.61. The van der Waals surface area contributed by atoms with Crippen molar-refractivity contribution in [3.8, 4) is 5.75 Å². The van der Waals surface area contributed by atoms with E-state index in [1.54, 1.807) is 0 Å². The molecule has 2 N–H and O–H groups in total. The third kappa shape index (κ3) is 2.30. The topological polar surface area (TPSA) is 49.7 Å². The summed E-state index contributed by atoms with van der Waals surface area (Å²) in [6.45, 7) is 0.696. The number of aliphatic hydroxyl groups excluding tert-OH is 2. The van der Waals surface area contributed by atoms with Crippen molar-refractivity contribution < 1.29 is 14.9 Å². The van der Waals surface area contributed by atoms with Crippen molar-refractivity contribution >= 4 is 0 Å². The molecule has 1 aliphatic rings. The van der Waals surface area contributed by atoms with Gasteiger partial charge in [-0.3, -0.25) is 0 Å². The molecule has 0 saturated heterocycles. The monoisotopic (exact) mass is 208 g/mol. The summed E-state index contributed by atoms with van der Waals surface area (Å²) in [7, 11) is 0. The second-order valence-electron chi connectivity index (χ2n) is 3.84. The minimum Gasteiger partial charge on any atom is -0.493 e. The molecule has 0 aromatic heterocycles. The fourth-order valence-corrected chi connectivity index (χ4v) is 1.92. The van der Waals surface area contributed by atoms with E-state index in [0.29, 0.717) is 13.0 Å². The maximum atomic E-state index is 9.61. The van der Waals surface area contributed by atoms with Crippen LogP contribution in [0.1, 0.15) is 30.1 Å². The molecular formula is C12H16O3. The molecule has 0 saturated carbocycles. The van der Waals surface area contributed by atoms with Crippen molar-refractivity contribution in [3.05, 3.63) is 29.3 Å². The van der Waals surface area contributed by atoms with Gasteiger partial charge in [-0.15, -0.1) is 0 Å². The Morgan fingerprint density at radius 1 is 1.40 bits per heavy atom. The van der Waals surface area contributed by atoms with Gasteiger partial charge in [0.2, 0.25) is 0 Å². The van der Waals surface area contributed by atoms with Crippen molar-refractivity contribution in [1.29, 1.82) is 0 Å². The molecule has 1 atom stereocenters. The third-order valence-corrected chi connectivity index (χ3v) is 2.73. The zero-order chi connectivity index (χ0) is 10.7. The largest absolute Gasteiger partial charge is 0.493 e. The van der Waals surface area contributed by atoms with Crippen molar-refractivity contribution in [2.45, 2.75) is 25.4 Å². The van der Waals surface area contributed by atoms with Gasteiger partial charge in [0.25, 0.3) is 0 Å². The van der Waals surface area contributed by atoms with E-state index in [4.69, 9.17) is 9.84 Å². The first-order chi connectivity index (χ1) is 7.31. The van der Waals surface area contributed by atoms with Crippen LogP contribution in [-0.4, -0.2) is 23.4 Å². The summed E-state index contributed by atoms with van der Waals surface area (Å²) < 4.78 is 5.47. The third-order valence-electron chi connectivity index (χ3n) is 2.73. The normalized spacial score (nSPS) is 18.9. The van der Waals surface area contributed by atoms with Crippen LogP contribution in [-0.2, 0) is 6.42 Å². The Morgan fingerprint density at radius 3 is 3.07 bits per heavy atom. The second kappa shape index (κ2) is 4.64. The van der Waals surface area contributed by atoms with Gasteiger partial charge in [0.1, 0.15) is 5.75 Å². The van der Waals surface area contributed by atoms with E-state index in [1.807, 2.05) is 18.2 Å². The Morgan fingerprint density at radius 2 is 2.27 bits per heavy atom.